The fourth-order valence-electron chi connectivity index (χ4n) is 4.79. The Morgan fingerprint density at radius 3 is 2.00 bits per heavy atom. The number of rotatable bonds is 17. The van der Waals surface area contributed by atoms with Crippen LogP contribution in [0.15, 0.2) is 12.4 Å². The Morgan fingerprint density at radius 1 is 0.811 bits per heavy atom. The monoisotopic (exact) mass is 521 g/mol. The van der Waals surface area contributed by atoms with Crippen molar-refractivity contribution in [3.63, 3.8) is 0 Å². The van der Waals surface area contributed by atoms with Crippen LogP contribution < -0.4 is 9.47 Å². The third kappa shape index (κ3) is 8.57. The van der Waals surface area contributed by atoms with Gasteiger partial charge in [-0.3, -0.25) is 0 Å². The summed E-state index contributed by atoms with van der Waals surface area (Å²) >= 11 is 0. The number of nitrogens with zero attached hydrogens (tertiary/aromatic N) is 3. The van der Waals surface area contributed by atoms with Crippen molar-refractivity contribution in [2.75, 3.05) is 13.2 Å². The van der Waals surface area contributed by atoms with Gasteiger partial charge in [-0.05, 0) is 31.2 Å². The maximum absolute atomic E-state index is 14.8. The fraction of sp³-hybridized carbons (Fsp3) is 0.690. The van der Waals surface area contributed by atoms with Crippen LogP contribution in [0.25, 0.3) is 11.4 Å². The molecule has 0 spiro atoms. The van der Waals surface area contributed by atoms with E-state index < -0.39 is 23.9 Å². The molecule has 0 atom stereocenters. The molecule has 1 aliphatic rings. The molecule has 2 heterocycles. The Morgan fingerprint density at radius 2 is 1.38 bits per heavy atom. The molecular weight excluding hydrogens is 479 g/mol. The molecule has 206 valence electrons. The number of pyridine rings is 1. The Labute approximate surface area is 219 Å². The predicted octanol–water partition coefficient (Wildman–Crippen LogP) is 8.58. The zero-order chi connectivity index (χ0) is 26.5. The lowest BCUT2D eigenvalue weighted by atomic mass is 9.86. The summed E-state index contributed by atoms with van der Waals surface area (Å²) in [6.07, 6.45) is 16.6. The summed E-state index contributed by atoms with van der Waals surface area (Å²) in [5.41, 5.74) is -0.181. The van der Waals surface area contributed by atoms with Gasteiger partial charge < -0.3 is 9.47 Å². The lowest BCUT2D eigenvalue weighted by Crippen LogP contribution is -2.25. The molecule has 0 bridgehead atoms. The van der Waals surface area contributed by atoms with Crippen LogP contribution in [0.3, 0.4) is 0 Å². The number of hydrogen-bond acceptors (Lipinski definition) is 5. The number of ether oxygens (including phenoxy) is 2. The molecule has 0 radical (unpaired) electrons. The first-order valence-corrected chi connectivity index (χ1v) is 14.2. The van der Waals surface area contributed by atoms with Crippen molar-refractivity contribution in [1.82, 2.24) is 15.0 Å². The topological polar surface area (TPSA) is 57.1 Å². The maximum Gasteiger partial charge on any atom is 0.277 e. The Balaban J connectivity index is 1.72. The highest BCUT2D eigenvalue weighted by atomic mass is 19.3. The molecule has 8 heteroatoms. The van der Waals surface area contributed by atoms with Crippen LogP contribution in [0, 0.1) is 5.95 Å². The first-order chi connectivity index (χ1) is 18.0. The second kappa shape index (κ2) is 15.1. The Hall–Kier alpha value is -2.38. The first kappa shape index (κ1) is 29.2. The second-order valence-electron chi connectivity index (χ2n) is 9.97. The minimum absolute atomic E-state index is 0.0109. The van der Waals surface area contributed by atoms with Crippen molar-refractivity contribution in [3.8, 4) is 23.0 Å². The summed E-state index contributed by atoms with van der Waals surface area (Å²) < 4.78 is 55.8. The minimum atomic E-state index is -3.28. The summed E-state index contributed by atoms with van der Waals surface area (Å²) in [4.78, 5) is 12.6. The van der Waals surface area contributed by atoms with Crippen LogP contribution in [0.4, 0.5) is 13.2 Å². The zero-order valence-electron chi connectivity index (χ0n) is 22.5. The van der Waals surface area contributed by atoms with E-state index in [1.165, 1.54) is 57.3 Å². The van der Waals surface area contributed by atoms with E-state index in [1.54, 1.807) is 0 Å². The van der Waals surface area contributed by atoms with Crippen LogP contribution in [0.2, 0.25) is 0 Å². The van der Waals surface area contributed by atoms with Gasteiger partial charge in [0.15, 0.2) is 11.6 Å². The van der Waals surface area contributed by atoms with Crippen molar-refractivity contribution >= 4 is 0 Å². The number of halogens is 3. The first-order valence-electron chi connectivity index (χ1n) is 14.2. The normalized spacial score (nSPS) is 14.4. The Kier molecular flexibility index (Phi) is 11.9. The highest BCUT2D eigenvalue weighted by molar-refractivity contribution is 5.69. The summed E-state index contributed by atoms with van der Waals surface area (Å²) in [5, 5.41) is 0. The van der Waals surface area contributed by atoms with Crippen LogP contribution in [-0.4, -0.2) is 28.2 Å². The third-order valence-corrected chi connectivity index (χ3v) is 6.86. The molecule has 0 unspecified atom stereocenters. The summed E-state index contributed by atoms with van der Waals surface area (Å²) in [6, 6.07) is 0. The lowest BCUT2D eigenvalue weighted by Gasteiger charge is -2.27. The summed E-state index contributed by atoms with van der Waals surface area (Å²) in [7, 11) is 0. The van der Waals surface area contributed by atoms with Crippen molar-refractivity contribution in [2.45, 2.75) is 116 Å². The van der Waals surface area contributed by atoms with Gasteiger partial charge in [-0.15, -0.1) is 0 Å². The molecule has 0 saturated carbocycles. The van der Waals surface area contributed by atoms with E-state index >= 15 is 0 Å². The Bertz CT molecular complexity index is 954. The largest absolute Gasteiger partial charge is 0.490 e. The van der Waals surface area contributed by atoms with Gasteiger partial charge in [-0.1, -0.05) is 78.1 Å². The molecule has 5 nitrogen and oxygen atoms in total. The van der Waals surface area contributed by atoms with Gasteiger partial charge in [0.25, 0.3) is 5.92 Å². The van der Waals surface area contributed by atoms with Crippen LogP contribution in [0.1, 0.15) is 115 Å². The molecule has 0 amide bonds. The van der Waals surface area contributed by atoms with Crippen molar-refractivity contribution in [1.29, 1.82) is 0 Å². The molecule has 0 saturated heterocycles. The van der Waals surface area contributed by atoms with E-state index in [-0.39, 0.29) is 29.3 Å². The van der Waals surface area contributed by atoms with Crippen molar-refractivity contribution in [2.24, 2.45) is 0 Å². The zero-order valence-corrected chi connectivity index (χ0v) is 22.5. The maximum atomic E-state index is 14.8. The van der Waals surface area contributed by atoms with E-state index in [4.69, 9.17) is 9.47 Å². The molecule has 3 rings (SSSR count). The number of aromatic nitrogens is 3. The fourth-order valence-corrected chi connectivity index (χ4v) is 4.79. The van der Waals surface area contributed by atoms with Gasteiger partial charge in [0.1, 0.15) is 0 Å². The quantitative estimate of drug-likeness (QED) is 0.154. The van der Waals surface area contributed by atoms with Gasteiger partial charge in [0, 0.05) is 6.42 Å². The highest BCUT2D eigenvalue weighted by Crippen LogP contribution is 2.46. The van der Waals surface area contributed by atoms with Gasteiger partial charge >= 0.3 is 0 Å². The van der Waals surface area contributed by atoms with Crippen LogP contribution in [0.5, 0.6) is 11.6 Å². The molecule has 0 fully saturated rings. The average molecular weight is 522 g/mol. The number of alkyl halides is 2. The SMILES string of the molecule is CCCCCCCCOc1cnc(-c2c(OCCCCCCCC)nc(F)c3c2CCCC3(F)F)nc1. The second-order valence-corrected chi connectivity index (χ2v) is 9.97. The van der Waals surface area contributed by atoms with E-state index in [2.05, 4.69) is 28.8 Å². The number of unbranched alkanes of at least 4 members (excludes halogenated alkanes) is 10. The van der Waals surface area contributed by atoms with Gasteiger partial charge in [0.05, 0.1) is 36.7 Å². The van der Waals surface area contributed by atoms with Crippen LogP contribution in [-0.2, 0) is 12.3 Å². The standard InChI is InChI=1S/C29H42F3N3O2/c1-3-5-7-9-11-13-18-36-22-20-33-27(34-21-22)24-23-16-15-17-29(31,32)25(23)26(30)35-28(24)37-19-14-12-10-8-6-4-2/h20-21H,3-19H2,1-2H3. The van der Waals surface area contributed by atoms with Crippen molar-refractivity contribution < 1.29 is 22.6 Å². The van der Waals surface area contributed by atoms with Crippen LogP contribution >= 0.6 is 0 Å². The molecule has 0 N–H and O–H groups in total. The smallest absolute Gasteiger partial charge is 0.277 e. The number of hydrogen-bond donors (Lipinski definition) is 0. The molecule has 0 aliphatic heterocycles. The van der Waals surface area contributed by atoms with Crippen molar-refractivity contribution in [3.05, 3.63) is 29.5 Å². The molecule has 2 aromatic rings. The van der Waals surface area contributed by atoms with Gasteiger partial charge in [-0.2, -0.15) is 9.37 Å². The highest BCUT2D eigenvalue weighted by Gasteiger charge is 2.43. The minimum Gasteiger partial charge on any atom is -0.490 e. The lowest BCUT2D eigenvalue weighted by molar-refractivity contribution is -0.0259. The summed E-state index contributed by atoms with van der Waals surface area (Å²) in [6.45, 7) is 5.27. The third-order valence-electron chi connectivity index (χ3n) is 6.86. The predicted molar refractivity (Wildman–Crippen MR) is 140 cm³/mol. The average Bonchev–Trinajstić information content (AvgIpc) is 2.87. The molecular formula is C29H42F3N3O2. The summed E-state index contributed by atoms with van der Waals surface area (Å²) in [5.74, 6) is -3.74. The number of fused-ring (bicyclic) bond motifs is 1. The van der Waals surface area contributed by atoms with E-state index in [9.17, 15) is 13.2 Å². The molecule has 1 aliphatic carbocycles. The molecule has 0 aromatic carbocycles. The van der Waals surface area contributed by atoms with Gasteiger partial charge in [-0.25, -0.2) is 18.7 Å². The van der Waals surface area contributed by atoms with E-state index in [1.807, 2.05) is 0 Å². The van der Waals surface area contributed by atoms with E-state index in [0.717, 1.165) is 32.1 Å². The van der Waals surface area contributed by atoms with Gasteiger partial charge in [0.2, 0.25) is 11.8 Å². The van der Waals surface area contributed by atoms with E-state index in [0.29, 0.717) is 25.4 Å². The molecule has 2 aromatic heterocycles. The molecule has 37 heavy (non-hydrogen) atoms.